The van der Waals surface area contributed by atoms with Gasteiger partial charge in [0.05, 0.1) is 4.47 Å². The number of hydrogen-bond donors (Lipinski definition) is 3. The van der Waals surface area contributed by atoms with Gasteiger partial charge in [0, 0.05) is 5.39 Å². The van der Waals surface area contributed by atoms with Gasteiger partial charge in [-0.1, -0.05) is 0 Å². The van der Waals surface area contributed by atoms with Crippen molar-refractivity contribution in [1.29, 1.82) is 0 Å². The Hall–Kier alpha value is -1.38. The van der Waals surface area contributed by atoms with Crippen LogP contribution in [-0.2, 0) is 0 Å². The molecule has 1 aromatic heterocycles. The molecule has 0 saturated carbocycles. The number of aryl methyl sites for hydroxylation is 1. The van der Waals surface area contributed by atoms with E-state index in [9.17, 15) is 14.7 Å². The number of phenols is 1. The van der Waals surface area contributed by atoms with Crippen molar-refractivity contribution in [3.05, 3.63) is 36.6 Å². The molecule has 0 unspecified atom stereocenters. The predicted molar refractivity (Wildman–Crippen MR) is 75.9 cm³/mol. The standard InChI is InChI=1S/C11H8Br2N2O4/c1-3-4-2-5(12)8(16)7(13)9(4)19-11(18)6(3)10(17)15-14/h2,16H,14H2,1H3,(H,15,17). The molecule has 0 aliphatic rings. The number of aromatic hydroxyl groups is 1. The maximum absolute atomic E-state index is 11.8. The Balaban J connectivity index is 2.98. The van der Waals surface area contributed by atoms with Crippen LogP contribution in [0, 0.1) is 6.92 Å². The van der Waals surface area contributed by atoms with E-state index in [1.165, 1.54) is 0 Å². The van der Waals surface area contributed by atoms with Crippen molar-refractivity contribution in [3.63, 3.8) is 0 Å². The fourth-order valence-corrected chi connectivity index (χ4v) is 2.94. The van der Waals surface area contributed by atoms with Crippen molar-refractivity contribution in [2.45, 2.75) is 6.92 Å². The van der Waals surface area contributed by atoms with Gasteiger partial charge in [-0.25, -0.2) is 10.6 Å². The molecule has 0 atom stereocenters. The monoisotopic (exact) mass is 390 g/mol. The summed E-state index contributed by atoms with van der Waals surface area (Å²) in [6, 6.07) is 1.56. The first-order valence-electron chi connectivity index (χ1n) is 5.03. The second-order valence-electron chi connectivity index (χ2n) is 3.76. The smallest absolute Gasteiger partial charge is 0.349 e. The summed E-state index contributed by atoms with van der Waals surface area (Å²) in [5, 5.41) is 10.3. The average Bonchev–Trinajstić information content (AvgIpc) is 2.37. The number of rotatable bonds is 1. The van der Waals surface area contributed by atoms with Gasteiger partial charge in [-0.3, -0.25) is 10.2 Å². The number of nitrogen functional groups attached to an aromatic ring is 1. The molecule has 2 rings (SSSR count). The molecule has 0 aliphatic carbocycles. The average molecular weight is 392 g/mol. The number of halogens is 2. The predicted octanol–water partition coefficient (Wildman–Crippen LogP) is 1.94. The molecule has 19 heavy (non-hydrogen) atoms. The highest BCUT2D eigenvalue weighted by Gasteiger charge is 2.21. The summed E-state index contributed by atoms with van der Waals surface area (Å²) >= 11 is 6.31. The summed E-state index contributed by atoms with van der Waals surface area (Å²) < 4.78 is 5.70. The zero-order valence-corrected chi connectivity index (χ0v) is 12.8. The number of hydrogen-bond acceptors (Lipinski definition) is 5. The third kappa shape index (κ3) is 2.15. The molecule has 1 heterocycles. The number of phenolic OH excluding ortho intramolecular Hbond substituents is 1. The van der Waals surface area contributed by atoms with E-state index in [0.29, 0.717) is 15.4 Å². The molecule has 0 fully saturated rings. The summed E-state index contributed by atoms with van der Waals surface area (Å²) in [4.78, 5) is 23.4. The first-order valence-corrected chi connectivity index (χ1v) is 6.62. The highest BCUT2D eigenvalue weighted by Crippen LogP contribution is 2.39. The van der Waals surface area contributed by atoms with Gasteiger partial charge >= 0.3 is 5.63 Å². The Labute approximate surface area is 123 Å². The summed E-state index contributed by atoms with van der Waals surface area (Å²) in [5.41, 5.74) is 1.48. The zero-order chi connectivity index (χ0) is 14.3. The van der Waals surface area contributed by atoms with E-state index in [1.54, 1.807) is 13.0 Å². The van der Waals surface area contributed by atoms with Crippen molar-refractivity contribution >= 4 is 48.7 Å². The van der Waals surface area contributed by atoms with Gasteiger partial charge in [0.15, 0.2) is 5.58 Å². The quantitative estimate of drug-likeness (QED) is 0.298. The van der Waals surface area contributed by atoms with E-state index in [4.69, 9.17) is 10.3 Å². The molecule has 2 aromatic rings. The Morgan fingerprint density at radius 3 is 2.68 bits per heavy atom. The molecule has 8 heteroatoms. The minimum absolute atomic E-state index is 0.0916. The fraction of sp³-hybridized carbons (Fsp3) is 0.0909. The minimum Gasteiger partial charge on any atom is -0.505 e. The lowest BCUT2D eigenvalue weighted by atomic mass is 10.1. The third-order valence-corrected chi connectivity index (χ3v) is 4.03. The lowest BCUT2D eigenvalue weighted by Crippen LogP contribution is -2.34. The summed E-state index contributed by atoms with van der Waals surface area (Å²) in [5.74, 6) is 4.21. The van der Waals surface area contributed by atoms with E-state index >= 15 is 0 Å². The van der Waals surface area contributed by atoms with Gasteiger partial charge in [-0.05, 0) is 50.4 Å². The number of fused-ring (bicyclic) bond motifs is 1. The number of carbonyl (C=O) groups excluding carboxylic acids is 1. The number of carbonyl (C=O) groups is 1. The van der Waals surface area contributed by atoms with E-state index in [0.717, 1.165) is 0 Å². The van der Waals surface area contributed by atoms with Crippen LogP contribution < -0.4 is 16.9 Å². The summed E-state index contributed by atoms with van der Waals surface area (Å²) in [6.45, 7) is 1.60. The Morgan fingerprint density at radius 2 is 2.11 bits per heavy atom. The van der Waals surface area contributed by atoms with E-state index in [2.05, 4.69) is 31.9 Å². The van der Waals surface area contributed by atoms with Crippen LogP contribution in [0.25, 0.3) is 11.0 Å². The molecular formula is C11H8Br2N2O4. The maximum Gasteiger partial charge on any atom is 0.349 e. The fourth-order valence-electron chi connectivity index (χ4n) is 1.74. The van der Waals surface area contributed by atoms with Gasteiger partial charge < -0.3 is 9.52 Å². The third-order valence-electron chi connectivity index (χ3n) is 2.69. The Bertz CT molecular complexity index is 755. The molecule has 0 saturated heterocycles. The first kappa shape index (κ1) is 14.0. The highest BCUT2D eigenvalue weighted by atomic mass is 79.9. The summed E-state index contributed by atoms with van der Waals surface area (Å²) in [6.07, 6.45) is 0. The molecule has 4 N–H and O–H groups in total. The molecule has 0 radical (unpaired) electrons. The number of nitrogens with two attached hydrogens (primary N) is 1. The van der Waals surface area contributed by atoms with Gasteiger partial charge in [0.25, 0.3) is 5.91 Å². The molecule has 1 aromatic carbocycles. The van der Waals surface area contributed by atoms with Crippen molar-refractivity contribution in [1.82, 2.24) is 5.43 Å². The summed E-state index contributed by atoms with van der Waals surface area (Å²) in [7, 11) is 0. The van der Waals surface area contributed by atoms with Crippen LogP contribution in [0.4, 0.5) is 0 Å². The van der Waals surface area contributed by atoms with Crippen LogP contribution in [0.15, 0.2) is 24.2 Å². The van der Waals surface area contributed by atoms with Gasteiger partial charge in [0.1, 0.15) is 15.8 Å². The largest absolute Gasteiger partial charge is 0.505 e. The number of benzene rings is 1. The van der Waals surface area contributed by atoms with Gasteiger partial charge in [0.2, 0.25) is 0 Å². The maximum atomic E-state index is 11.8. The lowest BCUT2D eigenvalue weighted by molar-refractivity contribution is 0.0949. The van der Waals surface area contributed by atoms with Crippen LogP contribution in [0.3, 0.4) is 0 Å². The number of amides is 1. The van der Waals surface area contributed by atoms with Crippen LogP contribution in [-0.4, -0.2) is 11.0 Å². The second-order valence-corrected chi connectivity index (χ2v) is 5.41. The topological polar surface area (TPSA) is 106 Å². The number of nitrogens with one attached hydrogen (secondary N) is 1. The Kier molecular flexibility index (Phi) is 3.66. The van der Waals surface area contributed by atoms with Crippen molar-refractivity contribution in [2.75, 3.05) is 0 Å². The SMILES string of the molecule is Cc1c(C(=O)NN)c(=O)oc2c(Br)c(O)c(Br)cc12. The zero-order valence-electron chi connectivity index (χ0n) is 9.58. The van der Waals surface area contributed by atoms with Crippen LogP contribution in [0.1, 0.15) is 15.9 Å². The second kappa shape index (κ2) is 4.95. The molecule has 6 nitrogen and oxygen atoms in total. The van der Waals surface area contributed by atoms with Gasteiger partial charge in [-0.15, -0.1) is 0 Å². The molecule has 0 spiro atoms. The number of hydrazine groups is 1. The van der Waals surface area contributed by atoms with Crippen LogP contribution >= 0.6 is 31.9 Å². The lowest BCUT2D eigenvalue weighted by Gasteiger charge is -2.09. The molecular weight excluding hydrogens is 384 g/mol. The van der Waals surface area contributed by atoms with E-state index in [-0.39, 0.29) is 21.4 Å². The van der Waals surface area contributed by atoms with Crippen molar-refractivity contribution < 1.29 is 14.3 Å². The van der Waals surface area contributed by atoms with Crippen LogP contribution in [0.2, 0.25) is 0 Å². The van der Waals surface area contributed by atoms with Gasteiger partial charge in [-0.2, -0.15) is 0 Å². The Morgan fingerprint density at radius 1 is 1.47 bits per heavy atom. The molecule has 0 aliphatic heterocycles. The first-order chi connectivity index (χ1) is 8.88. The van der Waals surface area contributed by atoms with Crippen molar-refractivity contribution in [2.24, 2.45) is 5.84 Å². The van der Waals surface area contributed by atoms with E-state index < -0.39 is 11.5 Å². The molecule has 0 bridgehead atoms. The van der Waals surface area contributed by atoms with E-state index in [1.807, 2.05) is 5.43 Å². The highest BCUT2D eigenvalue weighted by molar-refractivity contribution is 9.11. The van der Waals surface area contributed by atoms with Crippen LogP contribution in [0.5, 0.6) is 5.75 Å². The minimum atomic E-state index is -0.824. The molecule has 1 amide bonds. The van der Waals surface area contributed by atoms with Crippen molar-refractivity contribution in [3.8, 4) is 5.75 Å². The molecule has 100 valence electrons. The normalized spacial score (nSPS) is 10.7.